The number of hydrogen-bond donors (Lipinski definition) is 1. The van der Waals surface area contributed by atoms with Gasteiger partial charge in [0.2, 0.25) is 10.0 Å². The lowest BCUT2D eigenvalue weighted by Crippen LogP contribution is -2.39. The van der Waals surface area contributed by atoms with E-state index in [1.807, 2.05) is 12.1 Å². The molecule has 22 heavy (non-hydrogen) atoms. The summed E-state index contributed by atoms with van der Waals surface area (Å²) < 4.78 is 26.8. The monoisotopic (exact) mass is 346 g/mol. The molecule has 1 aromatic rings. The number of hydrogen-bond acceptors (Lipinski definition) is 3. The van der Waals surface area contributed by atoms with Gasteiger partial charge in [-0.2, -0.15) is 4.31 Å². The van der Waals surface area contributed by atoms with Crippen molar-refractivity contribution in [3.05, 3.63) is 29.8 Å². The van der Waals surface area contributed by atoms with Gasteiger partial charge >= 0.3 is 0 Å². The second-order valence-corrected chi connectivity index (χ2v) is 8.26. The summed E-state index contributed by atoms with van der Waals surface area (Å²) in [5.41, 5.74) is 6.84. The Morgan fingerprint density at radius 1 is 1.18 bits per heavy atom. The van der Waals surface area contributed by atoms with Crippen LogP contribution in [0.3, 0.4) is 0 Å². The molecule has 126 valence electrons. The van der Waals surface area contributed by atoms with Crippen LogP contribution in [0, 0.1) is 11.8 Å². The molecule has 0 amide bonds. The molecule has 0 bridgehead atoms. The van der Waals surface area contributed by atoms with E-state index in [0.29, 0.717) is 36.4 Å². The first-order valence-electron chi connectivity index (χ1n) is 7.72. The fraction of sp³-hybridized carbons (Fsp3) is 0.625. The highest BCUT2D eigenvalue weighted by Crippen LogP contribution is 2.23. The van der Waals surface area contributed by atoms with Crippen molar-refractivity contribution in [2.45, 2.75) is 38.0 Å². The van der Waals surface area contributed by atoms with E-state index in [1.54, 1.807) is 16.4 Å². The fourth-order valence-electron chi connectivity index (χ4n) is 2.80. The number of nitrogens with zero attached hydrogens (tertiary/aromatic N) is 1. The third-order valence-corrected chi connectivity index (χ3v) is 6.02. The molecule has 2 rings (SSSR count). The molecule has 0 unspecified atom stereocenters. The van der Waals surface area contributed by atoms with Crippen LogP contribution >= 0.6 is 12.4 Å². The van der Waals surface area contributed by atoms with Crippen molar-refractivity contribution in [1.82, 2.24) is 4.31 Å². The minimum atomic E-state index is -3.35. The predicted octanol–water partition coefficient (Wildman–Crippen LogP) is 2.67. The first kappa shape index (κ1) is 19.4. The van der Waals surface area contributed by atoms with Crippen molar-refractivity contribution in [2.75, 3.05) is 19.6 Å². The Morgan fingerprint density at radius 2 is 1.73 bits per heavy atom. The summed E-state index contributed by atoms with van der Waals surface area (Å²) in [6.45, 7) is 6.13. The Morgan fingerprint density at radius 3 is 2.18 bits per heavy atom. The molecule has 1 heterocycles. The van der Waals surface area contributed by atoms with E-state index in [1.165, 1.54) is 5.56 Å². The maximum absolute atomic E-state index is 12.6. The van der Waals surface area contributed by atoms with Crippen LogP contribution in [0.1, 0.15) is 32.3 Å². The molecule has 0 aliphatic carbocycles. The molecular formula is C16H27ClN2O2S. The van der Waals surface area contributed by atoms with Crippen LogP contribution in [-0.4, -0.2) is 32.4 Å². The van der Waals surface area contributed by atoms with Gasteiger partial charge < -0.3 is 5.73 Å². The molecule has 1 aliphatic rings. The predicted molar refractivity (Wildman–Crippen MR) is 92.8 cm³/mol. The standard InChI is InChI=1S/C16H26N2O2S.ClH/c1-13(2)11-14-3-5-16(6-4-14)21(19,20)18-9-7-15(12-17)8-10-18;/h3-6,13,15H,7-12,17H2,1-2H3;1H. The van der Waals surface area contributed by atoms with E-state index in [0.717, 1.165) is 19.3 Å². The Balaban J connectivity index is 0.00000242. The van der Waals surface area contributed by atoms with Gasteiger partial charge in [0.15, 0.2) is 0 Å². The van der Waals surface area contributed by atoms with Gasteiger partial charge in [0.1, 0.15) is 0 Å². The molecule has 0 aromatic heterocycles. The lowest BCUT2D eigenvalue weighted by Gasteiger charge is -2.30. The third-order valence-electron chi connectivity index (χ3n) is 4.11. The average molecular weight is 347 g/mol. The van der Waals surface area contributed by atoms with Crippen LogP contribution < -0.4 is 5.73 Å². The highest BCUT2D eigenvalue weighted by atomic mass is 35.5. The van der Waals surface area contributed by atoms with Gasteiger partial charge in [0.05, 0.1) is 4.90 Å². The van der Waals surface area contributed by atoms with Crippen molar-refractivity contribution in [3.63, 3.8) is 0 Å². The Labute approximate surface area is 140 Å². The smallest absolute Gasteiger partial charge is 0.243 e. The van der Waals surface area contributed by atoms with E-state index in [9.17, 15) is 8.42 Å². The maximum atomic E-state index is 12.6. The van der Waals surface area contributed by atoms with Gasteiger partial charge in [0.25, 0.3) is 0 Å². The zero-order chi connectivity index (χ0) is 15.5. The van der Waals surface area contributed by atoms with Crippen molar-refractivity contribution in [2.24, 2.45) is 17.6 Å². The van der Waals surface area contributed by atoms with Gasteiger partial charge in [-0.25, -0.2) is 8.42 Å². The zero-order valence-corrected chi connectivity index (χ0v) is 15.0. The van der Waals surface area contributed by atoms with E-state index in [4.69, 9.17) is 5.73 Å². The van der Waals surface area contributed by atoms with Gasteiger partial charge in [0, 0.05) is 13.1 Å². The highest BCUT2D eigenvalue weighted by Gasteiger charge is 2.28. The fourth-order valence-corrected chi connectivity index (χ4v) is 4.27. The number of rotatable bonds is 5. The van der Waals surface area contributed by atoms with Crippen LogP contribution in [0.4, 0.5) is 0 Å². The molecule has 1 aliphatic heterocycles. The number of halogens is 1. The minimum Gasteiger partial charge on any atom is -0.330 e. The number of sulfonamides is 1. The average Bonchev–Trinajstić information content (AvgIpc) is 2.47. The second kappa shape index (κ2) is 8.29. The van der Waals surface area contributed by atoms with Crippen LogP contribution in [-0.2, 0) is 16.4 Å². The van der Waals surface area contributed by atoms with E-state index in [-0.39, 0.29) is 12.4 Å². The summed E-state index contributed by atoms with van der Waals surface area (Å²) in [5, 5.41) is 0. The largest absolute Gasteiger partial charge is 0.330 e. The van der Waals surface area contributed by atoms with Crippen LogP contribution in [0.2, 0.25) is 0 Å². The molecule has 1 saturated heterocycles. The molecule has 6 heteroatoms. The quantitative estimate of drug-likeness (QED) is 0.891. The van der Waals surface area contributed by atoms with E-state index >= 15 is 0 Å². The number of benzene rings is 1. The van der Waals surface area contributed by atoms with Gasteiger partial charge in [-0.1, -0.05) is 26.0 Å². The van der Waals surface area contributed by atoms with Crippen LogP contribution in [0.25, 0.3) is 0 Å². The molecule has 2 N–H and O–H groups in total. The van der Waals surface area contributed by atoms with Crippen LogP contribution in [0.5, 0.6) is 0 Å². The Bertz CT molecular complexity index is 550. The maximum Gasteiger partial charge on any atom is 0.243 e. The molecule has 1 fully saturated rings. The highest BCUT2D eigenvalue weighted by molar-refractivity contribution is 7.89. The number of nitrogens with two attached hydrogens (primary N) is 1. The first-order chi connectivity index (χ1) is 9.93. The van der Waals surface area contributed by atoms with Gasteiger partial charge in [-0.05, 0) is 55.3 Å². The zero-order valence-electron chi connectivity index (χ0n) is 13.4. The van der Waals surface area contributed by atoms with Crippen molar-refractivity contribution in [3.8, 4) is 0 Å². The lowest BCUT2D eigenvalue weighted by atomic mass is 9.99. The summed E-state index contributed by atoms with van der Waals surface area (Å²) in [4.78, 5) is 0.404. The topological polar surface area (TPSA) is 63.4 Å². The molecule has 0 radical (unpaired) electrons. The lowest BCUT2D eigenvalue weighted by molar-refractivity contribution is 0.278. The Hall–Kier alpha value is -0.620. The normalized spacial score (nSPS) is 17.5. The van der Waals surface area contributed by atoms with Gasteiger partial charge in [-0.15, -0.1) is 12.4 Å². The molecular weight excluding hydrogens is 320 g/mol. The summed E-state index contributed by atoms with van der Waals surface area (Å²) in [6, 6.07) is 7.34. The molecule has 0 spiro atoms. The van der Waals surface area contributed by atoms with Crippen molar-refractivity contribution in [1.29, 1.82) is 0 Å². The second-order valence-electron chi connectivity index (χ2n) is 6.33. The van der Waals surface area contributed by atoms with Crippen LogP contribution in [0.15, 0.2) is 29.2 Å². The van der Waals surface area contributed by atoms with E-state index < -0.39 is 10.0 Å². The van der Waals surface area contributed by atoms with Crippen molar-refractivity contribution >= 4 is 22.4 Å². The first-order valence-corrected chi connectivity index (χ1v) is 9.16. The molecule has 1 aromatic carbocycles. The summed E-state index contributed by atoms with van der Waals surface area (Å²) >= 11 is 0. The Kier molecular flexibility index (Phi) is 7.32. The molecule has 0 atom stereocenters. The third kappa shape index (κ3) is 4.69. The van der Waals surface area contributed by atoms with E-state index in [2.05, 4.69) is 13.8 Å². The molecule has 4 nitrogen and oxygen atoms in total. The summed E-state index contributed by atoms with van der Waals surface area (Å²) in [6.07, 6.45) is 2.70. The summed E-state index contributed by atoms with van der Waals surface area (Å²) in [5.74, 6) is 1.03. The van der Waals surface area contributed by atoms with Crippen molar-refractivity contribution < 1.29 is 8.42 Å². The van der Waals surface area contributed by atoms with Gasteiger partial charge in [-0.3, -0.25) is 0 Å². The summed E-state index contributed by atoms with van der Waals surface area (Å²) in [7, 11) is -3.35. The number of piperidine rings is 1. The SMILES string of the molecule is CC(C)Cc1ccc(S(=O)(=O)N2CCC(CN)CC2)cc1.Cl. The minimum absolute atomic E-state index is 0. The molecule has 0 saturated carbocycles.